The molecule has 0 bridgehead atoms. The SMILES string of the molecule is CCC[C@](CCNCCc1ccccc1)(/C(C)=C/C(=O)OCC)c1cccc(O)c1. The Balaban J connectivity index is 2.19. The summed E-state index contributed by atoms with van der Waals surface area (Å²) in [5.41, 5.74) is 2.99. The van der Waals surface area contributed by atoms with Gasteiger partial charge in [-0.3, -0.25) is 0 Å². The van der Waals surface area contributed by atoms with Gasteiger partial charge in [0, 0.05) is 11.5 Å². The number of hydrogen-bond donors (Lipinski definition) is 2. The van der Waals surface area contributed by atoms with Crippen LogP contribution in [0.3, 0.4) is 0 Å². The van der Waals surface area contributed by atoms with Gasteiger partial charge in [-0.1, -0.05) is 61.4 Å². The van der Waals surface area contributed by atoms with E-state index < -0.39 is 0 Å². The van der Waals surface area contributed by atoms with Gasteiger partial charge in [-0.05, 0) is 69.5 Å². The van der Waals surface area contributed by atoms with Crippen molar-refractivity contribution in [3.8, 4) is 5.75 Å². The predicted octanol–water partition coefficient (Wildman–Crippen LogP) is 5.16. The van der Waals surface area contributed by atoms with E-state index in [9.17, 15) is 9.90 Å². The lowest BCUT2D eigenvalue weighted by atomic mass is 9.69. The minimum atomic E-state index is -0.333. The van der Waals surface area contributed by atoms with Gasteiger partial charge in [0.15, 0.2) is 0 Å². The number of aromatic hydroxyl groups is 1. The van der Waals surface area contributed by atoms with Crippen molar-refractivity contribution in [3.63, 3.8) is 0 Å². The number of allylic oxidation sites excluding steroid dienone is 1. The van der Waals surface area contributed by atoms with Gasteiger partial charge in [-0.25, -0.2) is 4.79 Å². The molecule has 0 aromatic heterocycles. The minimum absolute atomic E-state index is 0.244. The third-order valence-electron chi connectivity index (χ3n) is 5.61. The van der Waals surface area contributed by atoms with E-state index in [0.29, 0.717) is 6.61 Å². The fourth-order valence-corrected chi connectivity index (χ4v) is 4.07. The average molecular weight is 410 g/mol. The first-order chi connectivity index (χ1) is 14.5. The van der Waals surface area contributed by atoms with Crippen LogP contribution in [-0.2, 0) is 21.4 Å². The molecule has 1 atom stereocenters. The van der Waals surface area contributed by atoms with Crippen LogP contribution in [-0.4, -0.2) is 30.8 Å². The second-order valence-corrected chi connectivity index (χ2v) is 7.70. The Labute approximate surface area is 181 Å². The second kappa shape index (κ2) is 12.2. The first-order valence-corrected chi connectivity index (χ1v) is 10.9. The lowest BCUT2D eigenvalue weighted by Crippen LogP contribution is -2.33. The van der Waals surface area contributed by atoms with Crippen LogP contribution in [0, 0.1) is 0 Å². The fraction of sp³-hybridized carbons (Fsp3) is 0.423. The van der Waals surface area contributed by atoms with Crippen molar-refractivity contribution in [1.82, 2.24) is 5.32 Å². The van der Waals surface area contributed by atoms with Crippen LogP contribution >= 0.6 is 0 Å². The molecular weight excluding hydrogens is 374 g/mol. The molecule has 0 saturated carbocycles. The van der Waals surface area contributed by atoms with E-state index in [4.69, 9.17) is 4.74 Å². The van der Waals surface area contributed by atoms with Crippen LogP contribution < -0.4 is 5.32 Å². The van der Waals surface area contributed by atoms with Gasteiger partial charge >= 0.3 is 5.97 Å². The Hall–Kier alpha value is -2.59. The first-order valence-electron chi connectivity index (χ1n) is 10.9. The fourth-order valence-electron chi connectivity index (χ4n) is 4.07. The highest BCUT2D eigenvalue weighted by Gasteiger charge is 2.33. The zero-order chi connectivity index (χ0) is 21.8. The summed E-state index contributed by atoms with van der Waals surface area (Å²) < 4.78 is 5.16. The molecule has 0 aliphatic rings. The van der Waals surface area contributed by atoms with E-state index in [1.165, 1.54) is 5.56 Å². The number of rotatable bonds is 12. The summed E-state index contributed by atoms with van der Waals surface area (Å²) in [6.45, 7) is 8.03. The number of phenolic OH excluding ortho intramolecular Hbond substituents is 1. The number of ether oxygens (including phenoxy) is 1. The number of esters is 1. The molecular formula is C26H35NO3. The maximum atomic E-state index is 12.2. The lowest BCUT2D eigenvalue weighted by Gasteiger charge is -2.36. The molecule has 4 heteroatoms. The third-order valence-corrected chi connectivity index (χ3v) is 5.61. The maximum absolute atomic E-state index is 12.2. The van der Waals surface area contributed by atoms with E-state index in [-0.39, 0.29) is 17.1 Å². The second-order valence-electron chi connectivity index (χ2n) is 7.70. The van der Waals surface area contributed by atoms with Gasteiger partial charge in [0.05, 0.1) is 6.61 Å². The lowest BCUT2D eigenvalue weighted by molar-refractivity contribution is -0.137. The van der Waals surface area contributed by atoms with Crippen molar-refractivity contribution in [2.24, 2.45) is 0 Å². The Morgan fingerprint density at radius 1 is 1.07 bits per heavy atom. The Bertz CT molecular complexity index is 816. The summed E-state index contributed by atoms with van der Waals surface area (Å²) in [7, 11) is 0. The zero-order valence-corrected chi connectivity index (χ0v) is 18.5. The molecule has 0 aliphatic carbocycles. The van der Waals surface area contributed by atoms with E-state index in [1.54, 1.807) is 12.1 Å². The Morgan fingerprint density at radius 2 is 1.83 bits per heavy atom. The molecule has 0 radical (unpaired) electrons. The largest absolute Gasteiger partial charge is 0.508 e. The number of carbonyl (C=O) groups is 1. The molecule has 0 heterocycles. The van der Waals surface area contributed by atoms with Gasteiger partial charge in [0.1, 0.15) is 5.75 Å². The summed E-state index contributed by atoms with van der Waals surface area (Å²) in [6, 6.07) is 17.9. The highest BCUT2D eigenvalue weighted by Crippen LogP contribution is 2.41. The number of nitrogens with one attached hydrogen (secondary N) is 1. The smallest absolute Gasteiger partial charge is 0.330 e. The van der Waals surface area contributed by atoms with Gasteiger partial charge in [-0.2, -0.15) is 0 Å². The quantitative estimate of drug-likeness (QED) is 0.289. The average Bonchev–Trinajstić information content (AvgIpc) is 2.73. The van der Waals surface area contributed by atoms with Gasteiger partial charge in [-0.15, -0.1) is 0 Å². The van der Waals surface area contributed by atoms with E-state index >= 15 is 0 Å². The van der Waals surface area contributed by atoms with Crippen molar-refractivity contribution in [1.29, 1.82) is 0 Å². The van der Waals surface area contributed by atoms with Crippen LogP contribution in [0.15, 0.2) is 66.2 Å². The molecule has 0 aliphatic heterocycles. The number of benzene rings is 2. The van der Waals surface area contributed by atoms with Crippen molar-refractivity contribution >= 4 is 5.97 Å². The number of hydrogen-bond acceptors (Lipinski definition) is 4. The topological polar surface area (TPSA) is 58.6 Å². The highest BCUT2D eigenvalue weighted by molar-refractivity contribution is 5.83. The Kier molecular flexibility index (Phi) is 9.62. The normalized spacial score (nSPS) is 13.6. The molecule has 0 amide bonds. The molecule has 0 spiro atoms. The highest BCUT2D eigenvalue weighted by atomic mass is 16.5. The third kappa shape index (κ3) is 6.74. The van der Waals surface area contributed by atoms with Crippen LogP contribution in [0.1, 0.15) is 51.2 Å². The summed E-state index contributed by atoms with van der Waals surface area (Å²) in [4.78, 5) is 12.2. The molecule has 162 valence electrons. The molecule has 2 aromatic carbocycles. The van der Waals surface area contributed by atoms with Crippen LogP contribution in [0.2, 0.25) is 0 Å². The predicted molar refractivity (Wildman–Crippen MR) is 123 cm³/mol. The van der Waals surface area contributed by atoms with Gasteiger partial charge < -0.3 is 15.2 Å². The van der Waals surface area contributed by atoms with Crippen LogP contribution in [0.4, 0.5) is 0 Å². The van der Waals surface area contributed by atoms with Crippen LogP contribution in [0.25, 0.3) is 0 Å². The van der Waals surface area contributed by atoms with E-state index in [1.807, 2.05) is 38.1 Å². The standard InChI is InChI=1S/C26H35NO3/c1-4-15-26(21(3)19-25(29)30-5-2,23-12-9-13-24(28)20-23)16-18-27-17-14-22-10-7-6-8-11-22/h6-13,19-20,27-28H,4-5,14-18H2,1-3H3/b21-19+/t26-/m0/s1. The van der Waals surface area contributed by atoms with Crippen LogP contribution in [0.5, 0.6) is 5.75 Å². The monoisotopic (exact) mass is 409 g/mol. The molecule has 2 N–H and O–H groups in total. The summed E-state index contributed by atoms with van der Waals surface area (Å²) in [5.74, 6) is -0.0679. The van der Waals surface area contributed by atoms with Crippen molar-refractivity contribution in [2.45, 2.75) is 51.9 Å². The van der Waals surface area contributed by atoms with E-state index in [0.717, 1.165) is 49.9 Å². The molecule has 0 saturated heterocycles. The maximum Gasteiger partial charge on any atom is 0.330 e. The molecule has 2 aromatic rings. The zero-order valence-electron chi connectivity index (χ0n) is 18.5. The summed E-state index contributed by atoms with van der Waals surface area (Å²) in [5, 5.41) is 13.7. The molecule has 2 rings (SSSR count). The van der Waals surface area contributed by atoms with Crippen molar-refractivity contribution < 1.29 is 14.6 Å². The number of carbonyl (C=O) groups excluding carboxylic acids is 1. The molecule has 0 fully saturated rings. The summed E-state index contributed by atoms with van der Waals surface area (Å²) in [6.07, 6.45) is 5.28. The Morgan fingerprint density at radius 3 is 2.50 bits per heavy atom. The summed E-state index contributed by atoms with van der Waals surface area (Å²) >= 11 is 0. The van der Waals surface area contributed by atoms with Gasteiger partial charge in [0.2, 0.25) is 0 Å². The van der Waals surface area contributed by atoms with Gasteiger partial charge in [0.25, 0.3) is 0 Å². The first kappa shape index (κ1) is 23.7. The molecule has 30 heavy (non-hydrogen) atoms. The van der Waals surface area contributed by atoms with Crippen molar-refractivity contribution in [2.75, 3.05) is 19.7 Å². The van der Waals surface area contributed by atoms with E-state index in [2.05, 4.69) is 36.5 Å². The van der Waals surface area contributed by atoms with Crippen molar-refractivity contribution in [3.05, 3.63) is 77.4 Å². The minimum Gasteiger partial charge on any atom is -0.508 e. The molecule has 4 nitrogen and oxygen atoms in total. The number of phenols is 1. The molecule has 0 unspecified atom stereocenters.